The Kier molecular flexibility index (Phi) is 4.88. The van der Waals surface area contributed by atoms with E-state index in [0.717, 1.165) is 33.6 Å². The van der Waals surface area contributed by atoms with Crippen LogP contribution in [-0.4, -0.2) is 30.2 Å². The van der Waals surface area contributed by atoms with E-state index >= 15 is 0 Å². The van der Waals surface area contributed by atoms with Crippen molar-refractivity contribution < 1.29 is 14.3 Å². The molecule has 0 spiro atoms. The number of aromatic nitrogens is 2. The van der Waals surface area contributed by atoms with Crippen LogP contribution in [0.3, 0.4) is 0 Å². The van der Waals surface area contributed by atoms with Gasteiger partial charge in [0.25, 0.3) is 0 Å². The van der Waals surface area contributed by atoms with E-state index in [2.05, 4.69) is 35.1 Å². The van der Waals surface area contributed by atoms with Crippen LogP contribution < -0.4 is 4.74 Å². The maximum absolute atomic E-state index is 11.8. The molecule has 142 valence electrons. The molecule has 0 aliphatic rings. The number of aryl methyl sites for hydroxylation is 1. The molecular weight excluding hydrogens is 372 g/mol. The number of rotatable bonds is 5. The van der Waals surface area contributed by atoms with Crippen molar-refractivity contribution in [3.63, 3.8) is 0 Å². The van der Waals surface area contributed by atoms with Gasteiger partial charge in [0.15, 0.2) is 0 Å². The summed E-state index contributed by atoms with van der Waals surface area (Å²) in [6, 6.07) is 15.7. The van der Waals surface area contributed by atoms with Crippen LogP contribution in [0.1, 0.15) is 26.6 Å². The summed E-state index contributed by atoms with van der Waals surface area (Å²) >= 11 is 1.75. The average molecular weight is 392 g/mol. The van der Waals surface area contributed by atoms with Gasteiger partial charge in [-0.15, -0.1) is 11.3 Å². The third kappa shape index (κ3) is 3.39. The molecule has 0 radical (unpaired) electrons. The van der Waals surface area contributed by atoms with Crippen LogP contribution in [0, 0.1) is 6.92 Å². The minimum atomic E-state index is -0.431. The van der Waals surface area contributed by atoms with Gasteiger partial charge in [0, 0.05) is 34.0 Å². The van der Waals surface area contributed by atoms with Gasteiger partial charge in [0.2, 0.25) is 0 Å². The number of carbonyl (C=O) groups is 1. The summed E-state index contributed by atoms with van der Waals surface area (Å²) in [5, 5.41) is 1.12. The normalized spacial score (nSPS) is 11.0. The van der Waals surface area contributed by atoms with E-state index in [1.807, 2.05) is 24.3 Å². The summed E-state index contributed by atoms with van der Waals surface area (Å²) in [7, 11) is 3.03. The van der Waals surface area contributed by atoms with Crippen molar-refractivity contribution in [3.8, 4) is 16.3 Å². The van der Waals surface area contributed by atoms with E-state index in [4.69, 9.17) is 9.47 Å². The Bertz CT molecular complexity index is 1160. The molecular formula is C22H20N2O3S. The Morgan fingerprint density at radius 3 is 2.71 bits per heavy atom. The van der Waals surface area contributed by atoms with Crippen molar-refractivity contribution in [2.75, 3.05) is 14.2 Å². The predicted molar refractivity (Wildman–Crippen MR) is 111 cm³/mol. The second kappa shape index (κ2) is 7.48. The number of H-pyrrole nitrogens is 1. The standard InChI is InChI=1S/C22H20N2O3S/c1-13-7-10-20(28-13)21-17(16-9-8-15(26-2)12-19(16)24-21)11-14-5-4-6-18(23-14)22(25)27-3/h4-10,12,24H,11H2,1-3H3. The third-order valence-electron chi connectivity index (χ3n) is 4.66. The van der Waals surface area contributed by atoms with E-state index in [1.165, 1.54) is 16.9 Å². The smallest absolute Gasteiger partial charge is 0.356 e. The Balaban J connectivity index is 1.84. The first-order valence-electron chi connectivity index (χ1n) is 8.88. The maximum Gasteiger partial charge on any atom is 0.356 e. The van der Waals surface area contributed by atoms with Crippen LogP contribution in [0.2, 0.25) is 0 Å². The van der Waals surface area contributed by atoms with Crippen LogP contribution >= 0.6 is 11.3 Å². The zero-order valence-electron chi connectivity index (χ0n) is 15.9. The first kappa shape index (κ1) is 18.3. The van der Waals surface area contributed by atoms with Crippen molar-refractivity contribution in [1.82, 2.24) is 9.97 Å². The summed E-state index contributed by atoms with van der Waals surface area (Å²) in [5.41, 5.74) is 4.37. The van der Waals surface area contributed by atoms with Crippen molar-refractivity contribution in [2.24, 2.45) is 0 Å². The van der Waals surface area contributed by atoms with E-state index in [1.54, 1.807) is 24.5 Å². The number of methoxy groups -OCH3 is 2. The average Bonchev–Trinajstić information content (AvgIpc) is 3.30. The van der Waals surface area contributed by atoms with Crippen LogP contribution in [0.4, 0.5) is 0 Å². The molecule has 0 saturated heterocycles. The fraction of sp³-hybridized carbons (Fsp3) is 0.182. The molecule has 3 aromatic heterocycles. The molecule has 0 aliphatic carbocycles. The lowest BCUT2D eigenvalue weighted by molar-refractivity contribution is 0.0593. The van der Waals surface area contributed by atoms with Gasteiger partial charge in [0.05, 0.1) is 24.8 Å². The van der Waals surface area contributed by atoms with Gasteiger partial charge >= 0.3 is 5.97 Å². The first-order chi connectivity index (χ1) is 13.6. The molecule has 0 aliphatic heterocycles. The summed E-state index contributed by atoms with van der Waals surface area (Å²) in [5.74, 6) is 0.375. The Morgan fingerprint density at radius 2 is 2.00 bits per heavy atom. The van der Waals surface area contributed by atoms with Crippen molar-refractivity contribution in [1.29, 1.82) is 0 Å². The number of nitrogens with zero attached hydrogens (tertiary/aromatic N) is 1. The van der Waals surface area contributed by atoms with Crippen molar-refractivity contribution in [3.05, 3.63) is 70.4 Å². The second-order valence-electron chi connectivity index (χ2n) is 6.48. The molecule has 5 nitrogen and oxygen atoms in total. The van der Waals surface area contributed by atoms with Gasteiger partial charge in [-0.2, -0.15) is 0 Å². The number of nitrogens with one attached hydrogen (secondary N) is 1. The molecule has 6 heteroatoms. The van der Waals surface area contributed by atoms with E-state index in [9.17, 15) is 4.79 Å². The number of hydrogen-bond acceptors (Lipinski definition) is 5. The van der Waals surface area contributed by atoms with Crippen molar-refractivity contribution >= 4 is 28.2 Å². The monoisotopic (exact) mass is 392 g/mol. The van der Waals surface area contributed by atoms with E-state index in [-0.39, 0.29) is 0 Å². The number of ether oxygens (including phenoxy) is 2. The number of fused-ring (bicyclic) bond motifs is 1. The Labute approximate surface area is 167 Å². The number of aromatic amines is 1. The molecule has 4 aromatic rings. The quantitative estimate of drug-likeness (QED) is 0.486. The summed E-state index contributed by atoms with van der Waals surface area (Å²) in [6.07, 6.45) is 0.601. The van der Waals surface area contributed by atoms with Gasteiger partial charge in [-0.3, -0.25) is 0 Å². The second-order valence-corrected chi connectivity index (χ2v) is 7.77. The summed E-state index contributed by atoms with van der Waals surface area (Å²) in [4.78, 5) is 22.3. The number of benzene rings is 1. The lowest BCUT2D eigenvalue weighted by Gasteiger charge is -2.06. The van der Waals surface area contributed by atoms with Gasteiger partial charge in [-0.05, 0) is 48.9 Å². The van der Waals surface area contributed by atoms with E-state index in [0.29, 0.717) is 12.1 Å². The molecule has 0 amide bonds. The molecule has 0 bridgehead atoms. The zero-order valence-corrected chi connectivity index (χ0v) is 16.7. The van der Waals surface area contributed by atoms with Crippen LogP contribution in [0.25, 0.3) is 21.5 Å². The summed E-state index contributed by atoms with van der Waals surface area (Å²) in [6.45, 7) is 2.10. The Hall–Kier alpha value is -3.12. The maximum atomic E-state index is 11.8. The highest BCUT2D eigenvalue weighted by molar-refractivity contribution is 7.15. The van der Waals surface area contributed by atoms with Crippen molar-refractivity contribution in [2.45, 2.75) is 13.3 Å². The zero-order chi connectivity index (χ0) is 19.7. The molecule has 0 saturated carbocycles. The lowest BCUT2D eigenvalue weighted by atomic mass is 10.0. The van der Waals surface area contributed by atoms with Gasteiger partial charge in [-0.25, -0.2) is 9.78 Å². The molecule has 0 fully saturated rings. The molecule has 0 atom stereocenters. The fourth-order valence-electron chi connectivity index (χ4n) is 3.30. The molecule has 3 heterocycles. The molecule has 28 heavy (non-hydrogen) atoms. The molecule has 4 rings (SSSR count). The highest BCUT2D eigenvalue weighted by atomic mass is 32.1. The molecule has 1 aromatic carbocycles. The van der Waals surface area contributed by atoms with Crippen LogP contribution in [0.15, 0.2) is 48.5 Å². The SMILES string of the molecule is COC(=O)c1cccc(Cc2c(-c3ccc(C)s3)[nH]c3cc(OC)ccc23)n1. The first-order valence-corrected chi connectivity index (χ1v) is 9.70. The number of esters is 1. The molecule has 1 N–H and O–H groups in total. The lowest BCUT2D eigenvalue weighted by Crippen LogP contribution is -2.06. The minimum absolute atomic E-state index is 0.315. The highest BCUT2D eigenvalue weighted by Crippen LogP contribution is 2.36. The highest BCUT2D eigenvalue weighted by Gasteiger charge is 2.17. The topological polar surface area (TPSA) is 64.2 Å². The fourth-order valence-corrected chi connectivity index (χ4v) is 4.20. The number of carbonyl (C=O) groups excluding carboxylic acids is 1. The van der Waals surface area contributed by atoms with Gasteiger partial charge in [0.1, 0.15) is 11.4 Å². The van der Waals surface area contributed by atoms with Gasteiger partial charge in [-0.1, -0.05) is 6.07 Å². The predicted octanol–water partition coefficient (Wildman–Crippen LogP) is 4.99. The Morgan fingerprint density at radius 1 is 1.14 bits per heavy atom. The largest absolute Gasteiger partial charge is 0.497 e. The number of hydrogen-bond donors (Lipinski definition) is 1. The molecule has 0 unspecified atom stereocenters. The van der Waals surface area contributed by atoms with Gasteiger partial charge < -0.3 is 14.5 Å². The van der Waals surface area contributed by atoms with Crippen LogP contribution in [-0.2, 0) is 11.2 Å². The number of thiophene rings is 1. The third-order valence-corrected chi connectivity index (χ3v) is 5.68. The van der Waals surface area contributed by atoms with Crippen LogP contribution in [0.5, 0.6) is 5.75 Å². The number of pyridine rings is 1. The van der Waals surface area contributed by atoms with E-state index < -0.39 is 5.97 Å². The minimum Gasteiger partial charge on any atom is -0.497 e. The summed E-state index contributed by atoms with van der Waals surface area (Å²) < 4.78 is 10.2.